The molecule has 2 N–H and O–H groups in total. The van der Waals surface area contributed by atoms with Gasteiger partial charge in [0.1, 0.15) is 5.60 Å². The monoisotopic (exact) mass is 273 g/mol. The number of hydrogen-bond donors (Lipinski definition) is 1. The molecule has 5 nitrogen and oxygen atoms in total. The predicted molar refractivity (Wildman–Crippen MR) is 78.7 cm³/mol. The Kier molecular flexibility index (Phi) is 4.20. The first-order valence-corrected chi connectivity index (χ1v) is 6.53. The highest BCUT2D eigenvalue weighted by Gasteiger charge is 2.26. The minimum absolute atomic E-state index is 0.449. The molecule has 1 aromatic heterocycles. The van der Waals surface area contributed by atoms with Gasteiger partial charge in [-0.1, -0.05) is 17.3 Å². The second-order valence-electron chi connectivity index (χ2n) is 4.90. The van der Waals surface area contributed by atoms with Crippen LogP contribution in [-0.4, -0.2) is 16.7 Å². The van der Waals surface area contributed by atoms with Crippen molar-refractivity contribution in [2.75, 3.05) is 12.3 Å². The number of nitrogens with two attached hydrogens (primary N) is 1. The van der Waals surface area contributed by atoms with Crippen molar-refractivity contribution >= 4 is 17.8 Å². The summed E-state index contributed by atoms with van der Waals surface area (Å²) in [5, 5.41) is 3.95. The van der Waals surface area contributed by atoms with Crippen molar-refractivity contribution in [2.45, 2.75) is 26.4 Å². The Morgan fingerprint density at radius 1 is 1.25 bits per heavy atom. The van der Waals surface area contributed by atoms with Crippen molar-refractivity contribution in [2.24, 2.45) is 0 Å². The third-order valence-electron chi connectivity index (χ3n) is 2.84. The number of anilines is 1. The molecule has 20 heavy (non-hydrogen) atoms. The number of nitrogens with zero attached hydrogens (tertiary/aromatic N) is 2. The largest absolute Gasteiger partial charge is 0.399 e. The van der Waals surface area contributed by atoms with Crippen LogP contribution in [0.3, 0.4) is 0 Å². The molecule has 2 rings (SSSR count). The van der Waals surface area contributed by atoms with Gasteiger partial charge in [0.05, 0.1) is 0 Å². The van der Waals surface area contributed by atoms with Gasteiger partial charge in [-0.15, -0.1) is 0 Å². The lowest BCUT2D eigenvalue weighted by molar-refractivity contribution is -0.0221. The second-order valence-corrected chi connectivity index (χ2v) is 4.90. The van der Waals surface area contributed by atoms with E-state index < -0.39 is 5.60 Å². The molecule has 0 atom stereocenters. The second kappa shape index (κ2) is 5.88. The zero-order valence-corrected chi connectivity index (χ0v) is 12.0. The Morgan fingerprint density at radius 2 is 1.95 bits per heavy atom. The van der Waals surface area contributed by atoms with Gasteiger partial charge >= 0.3 is 0 Å². The van der Waals surface area contributed by atoms with E-state index in [-0.39, 0.29) is 0 Å². The fourth-order valence-electron chi connectivity index (χ4n) is 1.75. The van der Waals surface area contributed by atoms with Gasteiger partial charge in [0.15, 0.2) is 0 Å². The lowest BCUT2D eigenvalue weighted by atomic mass is 10.1. The SMILES string of the molecule is CCOC(C)(C)c1noc(/C=C/c2ccc(N)cc2)n1. The molecule has 1 aromatic carbocycles. The standard InChI is InChI=1S/C15H19N3O2/c1-4-19-15(2,3)14-17-13(20-18-14)10-7-11-5-8-12(16)9-6-11/h5-10H,4,16H2,1-3H3/b10-7+. The maximum atomic E-state index is 5.63. The van der Waals surface area contributed by atoms with Crippen LogP contribution in [0.2, 0.25) is 0 Å². The maximum absolute atomic E-state index is 5.63. The minimum atomic E-state index is -0.550. The van der Waals surface area contributed by atoms with E-state index >= 15 is 0 Å². The van der Waals surface area contributed by atoms with Crippen molar-refractivity contribution in [1.82, 2.24) is 10.1 Å². The zero-order chi connectivity index (χ0) is 14.6. The number of aromatic nitrogens is 2. The van der Waals surface area contributed by atoms with Crippen LogP contribution in [0.4, 0.5) is 5.69 Å². The lowest BCUT2D eigenvalue weighted by Crippen LogP contribution is -2.23. The lowest BCUT2D eigenvalue weighted by Gasteiger charge is -2.19. The van der Waals surface area contributed by atoms with Crippen LogP contribution in [0.5, 0.6) is 0 Å². The minimum Gasteiger partial charge on any atom is -0.399 e. The fourth-order valence-corrected chi connectivity index (χ4v) is 1.75. The molecule has 1 heterocycles. The Bertz CT molecular complexity index is 585. The number of benzene rings is 1. The zero-order valence-electron chi connectivity index (χ0n) is 12.0. The summed E-state index contributed by atoms with van der Waals surface area (Å²) >= 11 is 0. The van der Waals surface area contributed by atoms with E-state index in [1.807, 2.05) is 51.1 Å². The van der Waals surface area contributed by atoms with Gasteiger partial charge in [-0.3, -0.25) is 0 Å². The van der Waals surface area contributed by atoms with Gasteiger partial charge in [-0.05, 0) is 44.5 Å². The summed E-state index contributed by atoms with van der Waals surface area (Å²) in [6.45, 7) is 6.35. The van der Waals surface area contributed by atoms with Gasteiger partial charge in [0.2, 0.25) is 5.82 Å². The quantitative estimate of drug-likeness (QED) is 0.847. The van der Waals surface area contributed by atoms with Crippen molar-refractivity contribution in [1.29, 1.82) is 0 Å². The number of hydrogen-bond acceptors (Lipinski definition) is 5. The summed E-state index contributed by atoms with van der Waals surface area (Å²) < 4.78 is 10.8. The van der Waals surface area contributed by atoms with E-state index in [1.54, 1.807) is 6.08 Å². The smallest absolute Gasteiger partial charge is 0.250 e. The van der Waals surface area contributed by atoms with Crippen LogP contribution in [0.25, 0.3) is 12.2 Å². The molecule has 106 valence electrons. The van der Waals surface area contributed by atoms with Crippen molar-refractivity contribution in [3.8, 4) is 0 Å². The Hall–Kier alpha value is -2.14. The summed E-state index contributed by atoms with van der Waals surface area (Å²) in [6.07, 6.45) is 3.66. The van der Waals surface area contributed by atoms with Crippen molar-refractivity contribution in [3.05, 3.63) is 41.5 Å². The van der Waals surface area contributed by atoms with Crippen LogP contribution in [0.1, 0.15) is 38.0 Å². The first-order chi connectivity index (χ1) is 9.51. The molecule has 0 saturated heterocycles. The van der Waals surface area contributed by atoms with Gasteiger partial charge in [-0.2, -0.15) is 4.98 Å². The molecule has 0 spiro atoms. The Labute approximate surface area is 118 Å². The Morgan fingerprint density at radius 3 is 2.60 bits per heavy atom. The average Bonchev–Trinajstić information content (AvgIpc) is 2.88. The Balaban J connectivity index is 2.11. The van der Waals surface area contributed by atoms with Crippen LogP contribution >= 0.6 is 0 Å². The molecule has 5 heteroatoms. The van der Waals surface area contributed by atoms with E-state index in [2.05, 4.69) is 10.1 Å². The molecule has 0 bridgehead atoms. The number of rotatable bonds is 5. The molecule has 0 amide bonds. The highest BCUT2D eigenvalue weighted by Crippen LogP contribution is 2.22. The third-order valence-corrected chi connectivity index (χ3v) is 2.84. The highest BCUT2D eigenvalue weighted by atomic mass is 16.5. The summed E-state index contributed by atoms with van der Waals surface area (Å²) in [5.74, 6) is 0.987. The predicted octanol–water partition coefficient (Wildman–Crippen LogP) is 3.09. The van der Waals surface area contributed by atoms with E-state index in [1.165, 1.54) is 0 Å². The first kappa shape index (κ1) is 14.3. The third kappa shape index (κ3) is 3.45. The first-order valence-electron chi connectivity index (χ1n) is 6.53. The van der Waals surface area contributed by atoms with Gasteiger partial charge in [0.25, 0.3) is 5.89 Å². The van der Waals surface area contributed by atoms with Crippen molar-refractivity contribution < 1.29 is 9.26 Å². The summed E-state index contributed by atoms with van der Waals surface area (Å²) in [6, 6.07) is 7.54. The summed E-state index contributed by atoms with van der Waals surface area (Å²) in [4.78, 5) is 4.32. The van der Waals surface area contributed by atoms with E-state index in [0.29, 0.717) is 18.3 Å². The van der Waals surface area contributed by atoms with Gasteiger partial charge < -0.3 is 15.0 Å². The summed E-state index contributed by atoms with van der Waals surface area (Å²) in [5.41, 5.74) is 6.84. The number of ether oxygens (including phenoxy) is 1. The van der Waals surface area contributed by atoms with Gasteiger partial charge in [0, 0.05) is 18.4 Å². The molecule has 0 aliphatic carbocycles. The molecule has 0 unspecified atom stereocenters. The van der Waals surface area contributed by atoms with Crippen LogP contribution < -0.4 is 5.73 Å². The van der Waals surface area contributed by atoms with Crippen LogP contribution in [-0.2, 0) is 10.3 Å². The van der Waals surface area contributed by atoms with E-state index in [4.69, 9.17) is 15.0 Å². The number of nitrogen functional groups attached to an aromatic ring is 1. The molecule has 0 radical (unpaired) electrons. The average molecular weight is 273 g/mol. The van der Waals surface area contributed by atoms with Crippen LogP contribution in [0.15, 0.2) is 28.8 Å². The molecule has 0 fully saturated rings. The molecule has 0 saturated carbocycles. The van der Waals surface area contributed by atoms with Gasteiger partial charge in [-0.25, -0.2) is 0 Å². The molecular weight excluding hydrogens is 254 g/mol. The molecule has 0 aliphatic heterocycles. The molecular formula is C15H19N3O2. The molecule has 0 aliphatic rings. The van der Waals surface area contributed by atoms with E-state index in [9.17, 15) is 0 Å². The fraction of sp³-hybridized carbons (Fsp3) is 0.333. The highest BCUT2D eigenvalue weighted by molar-refractivity contribution is 5.66. The van der Waals surface area contributed by atoms with E-state index in [0.717, 1.165) is 11.3 Å². The molecule has 2 aromatic rings. The maximum Gasteiger partial charge on any atom is 0.250 e. The van der Waals surface area contributed by atoms with Crippen LogP contribution in [0, 0.1) is 0 Å². The van der Waals surface area contributed by atoms with Crippen molar-refractivity contribution in [3.63, 3.8) is 0 Å². The topological polar surface area (TPSA) is 74.2 Å². The summed E-state index contributed by atoms with van der Waals surface area (Å²) in [7, 11) is 0. The normalized spacial score (nSPS) is 12.2.